The number of hydrogen-bond acceptors (Lipinski definition) is 3. The molecule has 0 unspecified atom stereocenters. The average Bonchev–Trinajstić information content (AvgIpc) is 2.43. The molecule has 2 atom stereocenters. The zero-order valence-electron chi connectivity index (χ0n) is 8.07. The van der Waals surface area contributed by atoms with Gasteiger partial charge in [-0.2, -0.15) is 13.2 Å². The predicted octanol–water partition coefficient (Wildman–Crippen LogP) is 0.503. The second-order valence-electron chi connectivity index (χ2n) is 3.69. The minimum atomic E-state index is -4.20. The first-order valence-electron chi connectivity index (χ1n) is 4.47. The lowest BCUT2D eigenvalue weighted by Crippen LogP contribution is -2.33. The second kappa shape index (κ2) is 5.89. The van der Waals surface area contributed by atoms with Crippen LogP contribution >= 0.6 is 12.4 Å². The Hall–Kier alpha value is -0.0400. The molecule has 1 aliphatic heterocycles. The molecule has 1 aliphatic rings. The SMILES string of the molecule is Cl.OC[C@@H]1CN(CC(F)(F)F)C[C@@H]1CO. The number of aliphatic hydroxyl groups is 2. The number of halogens is 4. The Kier molecular flexibility index (Phi) is 5.87. The van der Waals surface area contributed by atoms with Crippen LogP contribution in [0.1, 0.15) is 0 Å². The number of aliphatic hydroxyl groups excluding tert-OH is 2. The topological polar surface area (TPSA) is 43.7 Å². The summed E-state index contributed by atoms with van der Waals surface area (Å²) in [5, 5.41) is 17.7. The Labute approximate surface area is 92.3 Å². The molecule has 1 heterocycles. The summed E-state index contributed by atoms with van der Waals surface area (Å²) in [4.78, 5) is 1.22. The molecule has 0 aliphatic carbocycles. The maximum absolute atomic E-state index is 12.0. The van der Waals surface area contributed by atoms with E-state index in [1.807, 2.05) is 0 Å². The van der Waals surface area contributed by atoms with Crippen molar-refractivity contribution in [1.29, 1.82) is 0 Å². The zero-order chi connectivity index (χ0) is 10.8. The quantitative estimate of drug-likeness (QED) is 0.766. The highest BCUT2D eigenvalue weighted by Gasteiger charge is 2.38. The van der Waals surface area contributed by atoms with Gasteiger partial charge >= 0.3 is 6.18 Å². The Morgan fingerprint density at radius 1 is 1.07 bits per heavy atom. The van der Waals surface area contributed by atoms with E-state index >= 15 is 0 Å². The molecule has 1 saturated heterocycles. The average molecular weight is 250 g/mol. The van der Waals surface area contributed by atoms with Gasteiger partial charge in [-0.05, 0) is 0 Å². The van der Waals surface area contributed by atoms with Crippen LogP contribution in [0.3, 0.4) is 0 Å². The van der Waals surface area contributed by atoms with Crippen LogP contribution in [0.2, 0.25) is 0 Å². The molecule has 0 amide bonds. The Bertz CT molecular complexity index is 179. The molecular formula is C8H15ClF3NO2. The van der Waals surface area contributed by atoms with Gasteiger partial charge in [0, 0.05) is 38.1 Å². The normalized spacial score (nSPS) is 27.8. The van der Waals surface area contributed by atoms with Crippen molar-refractivity contribution in [1.82, 2.24) is 4.90 Å². The molecule has 7 heteroatoms. The molecule has 92 valence electrons. The van der Waals surface area contributed by atoms with Crippen molar-refractivity contribution in [3.05, 3.63) is 0 Å². The lowest BCUT2D eigenvalue weighted by Gasteiger charge is -2.17. The van der Waals surface area contributed by atoms with Crippen molar-refractivity contribution in [3.63, 3.8) is 0 Å². The van der Waals surface area contributed by atoms with Gasteiger partial charge < -0.3 is 10.2 Å². The van der Waals surface area contributed by atoms with Crippen LogP contribution < -0.4 is 0 Å². The van der Waals surface area contributed by atoms with E-state index < -0.39 is 12.7 Å². The summed E-state index contributed by atoms with van der Waals surface area (Å²) in [6.07, 6.45) is -4.20. The number of alkyl halides is 3. The summed E-state index contributed by atoms with van der Waals surface area (Å²) in [5.74, 6) is -0.468. The van der Waals surface area contributed by atoms with E-state index in [1.165, 1.54) is 4.90 Å². The molecule has 0 aromatic rings. The molecule has 0 radical (unpaired) electrons. The van der Waals surface area contributed by atoms with Crippen LogP contribution in [0.4, 0.5) is 13.2 Å². The van der Waals surface area contributed by atoms with Crippen molar-refractivity contribution in [2.24, 2.45) is 11.8 Å². The predicted molar refractivity (Wildman–Crippen MR) is 50.9 cm³/mol. The number of rotatable bonds is 3. The Morgan fingerprint density at radius 3 is 1.73 bits per heavy atom. The van der Waals surface area contributed by atoms with Gasteiger partial charge in [-0.25, -0.2) is 0 Å². The first-order chi connectivity index (χ1) is 6.46. The molecule has 0 aromatic heterocycles. The van der Waals surface area contributed by atoms with Crippen molar-refractivity contribution in [2.75, 3.05) is 32.8 Å². The van der Waals surface area contributed by atoms with Gasteiger partial charge in [-0.1, -0.05) is 0 Å². The van der Waals surface area contributed by atoms with E-state index in [0.29, 0.717) is 0 Å². The largest absolute Gasteiger partial charge is 0.401 e. The van der Waals surface area contributed by atoms with Crippen molar-refractivity contribution >= 4 is 12.4 Å². The third-order valence-corrected chi connectivity index (χ3v) is 2.52. The Balaban J connectivity index is 0.00000196. The van der Waals surface area contributed by atoms with Crippen molar-refractivity contribution < 1.29 is 23.4 Å². The second-order valence-corrected chi connectivity index (χ2v) is 3.69. The van der Waals surface area contributed by atoms with Gasteiger partial charge in [0.15, 0.2) is 0 Å². The summed E-state index contributed by atoms with van der Waals surface area (Å²) in [6.45, 7) is -0.873. The smallest absolute Gasteiger partial charge is 0.396 e. The molecule has 0 spiro atoms. The fourth-order valence-corrected chi connectivity index (χ4v) is 1.83. The fraction of sp³-hybridized carbons (Fsp3) is 1.00. The Morgan fingerprint density at radius 2 is 1.47 bits per heavy atom. The van der Waals surface area contributed by atoms with Crippen LogP contribution in [0.15, 0.2) is 0 Å². The van der Waals surface area contributed by atoms with Gasteiger partial charge in [-0.15, -0.1) is 12.4 Å². The first kappa shape index (κ1) is 15.0. The molecule has 3 nitrogen and oxygen atoms in total. The van der Waals surface area contributed by atoms with Crippen LogP contribution in [0.25, 0.3) is 0 Å². The van der Waals surface area contributed by atoms with Crippen LogP contribution in [0.5, 0.6) is 0 Å². The zero-order valence-corrected chi connectivity index (χ0v) is 8.89. The van der Waals surface area contributed by atoms with Crippen LogP contribution in [0, 0.1) is 11.8 Å². The van der Waals surface area contributed by atoms with Crippen molar-refractivity contribution in [3.8, 4) is 0 Å². The van der Waals surface area contributed by atoms with Gasteiger partial charge in [0.1, 0.15) is 0 Å². The summed E-state index contributed by atoms with van der Waals surface area (Å²) in [7, 11) is 0. The van der Waals surface area contributed by atoms with Crippen LogP contribution in [-0.4, -0.2) is 54.1 Å². The van der Waals surface area contributed by atoms with E-state index in [2.05, 4.69) is 0 Å². The standard InChI is InChI=1S/C8H14F3NO2.ClH/c9-8(10,11)5-12-1-6(3-13)7(2-12)4-14;/h6-7,13-14H,1-5H2;1H/t6-,7+;. The molecule has 1 rings (SSSR count). The molecule has 0 saturated carbocycles. The molecular weight excluding hydrogens is 235 g/mol. The highest BCUT2D eigenvalue weighted by Crippen LogP contribution is 2.26. The fourth-order valence-electron chi connectivity index (χ4n) is 1.83. The monoisotopic (exact) mass is 249 g/mol. The summed E-state index contributed by atoms with van der Waals surface area (Å²) in [5.41, 5.74) is 0. The number of hydrogen-bond donors (Lipinski definition) is 2. The maximum Gasteiger partial charge on any atom is 0.401 e. The van der Waals surface area contributed by atoms with E-state index in [-0.39, 0.29) is 50.5 Å². The highest BCUT2D eigenvalue weighted by molar-refractivity contribution is 5.85. The first-order valence-corrected chi connectivity index (χ1v) is 4.47. The van der Waals surface area contributed by atoms with E-state index in [0.717, 1.165) is 0 Å². The molecule has 2 N–H and O–H groups in total. The maximum atomic E-state index is 12.0. The van der Waals surface area contributed by atoms with Crippen molar-refractivity contribution in [2.45, 2.75) is 6.18 Å². The van der Waals surface area contributed by atoms with Gasteiger partial charge in [0.2, 0.25) is 0 Å². The minimum absolute atomic E-state index is 0. The lowest BCUT2D eigenvalue weighted by atomic mass is 9.98. The number of likely N-dealkylation sites (tertiary alicyclic amines) is 1. The third kappa shape index (κ3) is 4.55. The third-order valence-electron chi connectivity index (χ3n) is 2.52. The summed E-state index contributed by atoms with van der Waals surface area (Å²) < 4.78 is 36.0. The minimum Gasteiger partial charge on any atom is -0.396 e. The van der Waals surface area contributed by atoms with E-state index in [4.69, 9.17) is 10.2 Å². The number of nitrogens with zero attached hydrogens (tertiary/aromatic N) is 1. The molecule has 0 aromatic carbocycles. The molecule has 15 heavy (non-hydrogen) atoms. The molecule has 0 bridgehead atoms. The summed E-state index contributed by atoms with van der Waals surface area (Å²) >= 11 is 0. The summed E-state index contributed by atoms with van der Waals surface area (Å²) in [6, 6.07) is 0. The van der Waals surface area contributed by atoms with E-state index in [9.17, 15) is 13.2 Å². The van der Waals surface area contributed by atoms with Gasteiger partial charge in [-0.3, -0.25) is 4.90 Å². The van der Waals surface area contributed by atoms with Gasteiger partial charge in [0.25, 0.3) is 0 Å². The van der Waals surface area contributed by atoms with Gasteiger partial charge in [0.05, 0.1) is 6.54 Å². The molecule has 1 fully saturated rings. The van der Waals surface area contributed by atoms with Crippen LogP contribution in [-0.2, 0) is 0 Å². The highest BCUT2D eigenvalue weighted by atomic mass is 35.5. The lowest BCUT2D eigenvalue weighted by molar-refractivity contribution is -0.144. The van der Waals surface area contributed by atoms with E-state index in [1.54, 1.807) is 0 Å².